The minimum absolute atomic E-state index is 0.0986. The minimum atomic E-state index is -0.492. The first kappa shape index (κ1) is 14.5. The second-order valence-electron chi connectivity index (χ2n) is 3.92. The van der Waals surface area contributed by atoms with Crippen molar-refractivity contribution in [2.75, 3.05) is 6.61 Å². The quantitative estimate of drug-likeness (QED) is 0.639. The molecule has 0 spiro atoms. The lowest BCUT2D eigenvalue weighted by Crippen LogP contribution is -2.11. The third kappa shape index (κ3) is 2.53. The van der Waals surface area contributed by atoms with Gasteiger partial charge in [0.25, 0.3) is 0 Å². The lowest BCUT2D eigenvalue weighted by Gasteiger charge is -2.12. The van der Waals surface area contributed by atoms with Crippen LogP contribution in [0, 0.1) is 18.3 Å². The molecule has 0 amide bonds. The van der Waals surface area contributed by atoms with E-state index in [0.717, 1.165) is 4.88 Å². The Hall–Kier alpha value is -1.90. The number of carbonyl (C=O) groups excluding carboxylic acids is 1. The van der Waals surface area contributed by atoms with Crippen LogP contribution >= 0.6 is 22.9 Å². The zero-order valence-electron chi connectivity index (χ0n) is 10.9. The molecule has 0 N–H and O–H groups in total. The number of hydrogen-bond donors (Lipinski definition) is 0. The number of halogens is 1. The molecule has 2 aromatic rings. The Morgan fingerprint density at radius 3 is 2.90 bits per heavy atom. The highest BCUT2D eigenvalue weighted by atomic mass is 35.5. The van der Waals surface area contributed by atoms with Crippen molar-refractivity contribution in [3.8, 4) is 16.5 Å². The van der Waals surface area contributed by atoms with Gasteiger partial charge in [-0.15, -0.1) is 11.3 Å². The van der Waals surface area contributed by atoms with Gasteiger partial charge in [0, 0.05) is 10.4 Å². The number of hydrogen-bond acceptors (Lipinski definition) is 5. The van der Waals surface area contributed by atoms with Crippen LogP contribution in [0.5, 0.6) is 0 Å². The Morgan fingerprint density at radius 1 is 1.60 bits per heavy atom. The number of thiophene rings is 1. The number of nitriles is 1. The molecule has 0 radical (unpaired) electrons. The van der Waals surface area contributed by atoms with Crippen LogP contribution in [0.15, 0.2) is 17.5 Å². The van der Waals surface area contributed by atoms with Gasteiger partial charge in [-0.25, -0.2) is 9.78 Å². The van der Waals surface area contributed by atoms with Crippen LogP contribution in [0.2, 0.25) is 5.15 Å². The third-order valence-electron chi connectivity index (χ3n) is 2.69. The van der Waals surface area contributed by atoms with Crippen molar-refractivity contribution in [2.45, 2.75) is 13.8 Å². The fourth-order valence-electron chi connectivity index (χ4n) is 1.89. The van der Waals surface area contributed by atoms with E-state index >= 15 is 0 Å². The Balaban J connectivity index is 2.79. The number of aromatic nitrogens is 1. The van der Waals surface area contributed by atoms with E-state index in [1.165, 1.54) is 11.3 Å². The lowest BCUT2D eigenvalue weighted by molar-refractivity contribution is 0.0526. The van der Waals surface area contributed by atoms with Gasteiger partial charge in [0.2, 0.25) is 0 Å². The molecule has 102 valence electrons. The van der Waals surface area contributed by atoms with Gasteiger partial charge in [-0.3, -0.25) is 0 Å². The fourth-order valence-corrected chi connectivity index (χ4v) is 2.94. The van der Waals surface area contributed by atoms with Crippen molar-refractivity contribution in [1.82, 2.24) is 4.98 Å². The number of rotatable bonds is 3. The van der Waals surface area contributed by atoms with Crippen LogP contribution in [0.1, 0.15) is 28.5 Å². The van der Waals surface area contributed by atoms with Gasteiger partial charge in [0.15, 0.2) is 0 Å². The fraction of sp³-hybridized carbons (Fsp3) is 0.214. The first-order valence-electron chi connectivity index (χ1n) is 5.91. The van der Waals surface area contributed by atoms with Gasteiger partial charge in [-0.2, -0.15) is 5.26 Å². The smallest absolute Gasteiger partial charge is 0.340 e. The second kappa shape index (κ2) is 6.04. The van der Waals surface area contributed by atoms with Crippen LogP contribution < -0.4 is 0 Å². The molecule has 0 aliphatic heterocycles. The first-order valence-corrected chi connectivity index (χ1v) is 7.17. The molecule has 2 heterocycles. The topological polar surface area (TPSA) is 63.0 Å². The number of pyridine rings is 1. The Morgan fingerprint density at radius 2 is 2.35 bits per heavy atom. The maximum Gasteiger partial charge on any atom is 0.340 e. The van der Waals surface area contributed by atoms with E-state index in [2.05, 4.69) is 4.98 Å². The highest BCUT2D eigenvalue weighted by Gasteiger charge is 2.24. The van der Waals surface area contributed by atoms with E-state index in [4.69, 9.17) is 16.3 Å². The molecule has 0 aliphatic rings. The molecule has 2 aromatic heterocycles. The predicted octanol–water partition coefficient (Wildman–Crippen LogP) is 3.82. The van der Waals surface area contributed by atoms with Gasteiger partial charge in [0.05, 0.1) is 23.4 Å². The monoisotopic (exact) mass is 306 g/mol. The van der Waals surface area contributed by atoms with Crippen molar-refractivity contribution in [2.24, 2.45) is 0 Å². The van der Waals surface area contributed by atoms with Crippen LogP contribution in [0.3, 0.4) is 0 Å². The molecule has 0 fully saturated rings. The number of carbonyl (C=O) groups is 1. The molecule has 0 saturated carbocycles. The highest BCUT2D eigenvalue weighted by molar-refractivity contribution is 7.13. The predicted molar refractivity (Wildman–Crippen MR) is 78.0 cm³/mol. The third-order valence-corrected chi connectivity index (χ3v) is 3.85. The molecular weight excluding hydrogens is 296 g/mol. The molecule has 4 nitrogen and oxygen atoms in total. The minimum Gasteiger partial charge on any atom is -0.462 e. The van der Waals surface area contributed by atoms with E-state index in [1.807, 2.05) is 23.6 Å². The van der Waals surface area contributed by atoms with Crippen LogP contribution in [-0.4, -0.2) is 17.6 Å². The van der Waals surface area contributed by atoms with Gasteiger partial charge in [-0.05, 0) is 25.3 Å². The first-order chi connectivity index (χ1) is 9.60. The summed E-state index contributed by atoms with van der Waals surface area (Å²) >= 11 is 7.45. The summed E-state index contributed by atoms with van der Waals surface area (Å²) in [6.45, 7) is 3.66. The molecule has 0 saturated heterocycles. The Bertz CT molecular complexity index is 690. The van der Waals surface area contributed by atoms with E-state index in [-0.39, 0.29) is 17.3 Å². The average Bonchev–Trinajstić information content (AvgIpc) is 2.91. The highest BCUT2D eigenvalue weighted by Crippen LogP contribution is 2.35. The largest absolute Gasteiger partial charge is 0.462 e. The summed E-state index contributed by atoms with van der Waals surface area (Å²) in [6.07, 6.45) is 0. The summed E-state index contributed by atoms with van der Waals surface area (Å²) in [7, 11) is 0. The molecule has 0 atom stereocenters. The van der Waals surface area contributed by atoms with Crippen molar-refractivity contribution in [3.05, 3.63) is 39.5 Å². The average molecular weight is 307 g/mol. The molecule has 0 aromatic carbocycles. The van der Waals surface area contributed by atoms with E-state index in [9.17, 15) is 10.1 Å². The molecule has 0 aliphatic carbocycles. The maximum absolute atomic E-state index is 12.2. The van der Waals surface area contributed by atoms with Crippen molar-refractivity contribution in [3.63, 3.8) is 0 Å². The zero-order valence-corrected chi connectivity index (χ0v) is 12.5. The van der Waals surface area contributed by atoms with Gasteiger partial charge in [0.1, 0.15) is 11.2 Å². The summed E-state index contributed by atoms with van der Waals surface area (Å²) in [5.74, 6) is -0.492. The normalized spacial score (nSPS) is 10.1. The number of esters is 1. The molecule has 6 heteroatoms. The summed E-state index contributed by atoms with van der Waals surface area (Å²) in [5, 5.41) is 11.3. The van der Waals surface area contributed by atoms with Gasteiger partial charge in [-0.1, -0.05) is 17.7 Å². The van der Waals surface area contributed by atoms with Crippen LogP contribution in [0.4, 0.5) is 0 Å². The van der Waals surface area contributed by atoms with Crippen LogP contribution in [-0.2, 0) is 4.74 Å². The second-order valence-corrected chi connectivity index (χ2v) is 5.23. The lowest BCUT2D eigenvalue weighted by atomic mass is 10.0. The van der Waals surface area contributed by atoms with Crippen molar-refractivity contribution in [1.29, 1.82) is 5.26 Å². The molecule has 0 bridgehead atoms. The number of aryl methyl sites for hydroxylation is 1. The van der Waals surface area contributed by atoms with E-state index < -0.39 is 5.97 Å². The van der Waals surface area contributed by atoms with Gasteiger partial charge < -0.3 is 4.74 Å². The summed E-state index contributed by atoms with van der Waals surface area (Å²) in [4.78, 5) is 17.0. The molecule has 0 unspecified atom stereocenters. The Kier molecular flexibility index (Phi) is 4.38. The van der Waals surface area contributed by atoms with Crippen LogP contribution in [0.25, 0.3) is 10.4 Å². The summed E-state index contributed by atoms with van der Waals surface area (Å²) in [6, 6.07) is 5.70. The Labute approximate surface area is 125 Å². The number of ether oxygens (including phenoxy) is 1. The summed E-state index contributed by atoms with van der Waals surface area (Å²) < 4.78 is 5.06. The molecule has 2 rings (SSSR count). The van der Waals surface area contributed by atoms with Crippen molar-refractivity contribution >= 4 is 28.9 Å². The zero-order chi connectivity index (χ0) is 14.7. The standard InChI is InChI=1S/C14H11ClN2O2S/c1-3-19-14(18)11-8(2)17-13(15)9(7-16)12(11)10-5-4-6-20-10/h4-6H,3H2,1-2H3. The summed E-state index contributed by atoms with van der Waals surface area (Å²) in [5.41, 5.74) is 1.45. The maximum atomic E-state index is 12.2. The SMILES string of the molecule is CCOC(=O)c1c(C)nc(Cl)c(C#N)c1-c1cccs1. The van der Waals surface area contributed by atoms with E-state index in [1.54, 1.807) is 13.8 Å². The van der Waals surface area contributed by atoms with Crippen molar-refractivity contribution < 1.29 is 9.53 Å². The van der Waals surface area contributed by atoms with Gasteiger partial charge >= 0.3 is 5.97 Å². The van der Waals surface area contributed by atoms with E-state index in [0.29, 0.717) is 16.8 Å². The molecule has 20 heavy (non-hydrogen) atoms. The number of nitrogens with zero attached hydrogens (tertiary/aromatic N) is 2. The molecular formula is C14H11ClN2O2S.